The van der Waals surface area contributed by atoms with Gasteiger partial charge in [-0.25, -0.2) is 0 Å². The van der Waals surface area contributed by atoms with Gasteiger partial charge in [-0.3, -0.25) is 4.79 Å². The number of carbonyl (C=O) groups excluding carboxylic acids is 1. The largest absolute Gasteiger partial charge is 0.493 e. The number of benzene rings is 2. The third kappa shape index (κ3) is 6.02. The number of hydrogen-bond acceptors (Lipinski definition) is 7. The van der Waals surface area contributed by atoms with Crippen molar-refractivity contribution in [2.24, 2.45) is 11.1 Å². The summed E-state index contributed by atoms with van der Waals surface area (Å²) in [6.07, 6.45) is 1.04. The summed E-state index contributed by atoms with van der Waals surface area (Å²) < 4.78 is 17.9. The highest BCUT2D eigenvalue weighted by Crippen LogP contribution is 2.50. The minimum Gasteiger partial charge on any atom is -0.493 e. The normalized spacial score (nSPS) is 18.7. The topological polar surface area (TPSA) is 97.8 Å². The minimum absolute atomic E-state index is 0.0144. The third-order valence-corrected chi connectivity index (χ3v) is 8.37. The molecule has 0 radical (unpaired) electrons. The Morgan fingerprint density at radius 3 is 2.59 bits per heavy atom. The molecule has 0 amide bonds. The van der Waals surface area contributed by atoms with Crippen molar-refractivity contribution in [1.82, 2.24) is 4.90 Å². The van der Waals surface area contributed by atoms with E-state index in [1.165, 1.54) is 0 Å². The zero-order valence-electron chi connectivity index (χ0n) is 22.2. The lowest BCUT2D eigenvalue weighted by atomic mass is 9.68. The van der Waals surface area contributed by atoms with Crippen LogP contribution in [0, 0.1) is 20.3 Å². The van der Waals surface area contributed by atoms with Gasteiger partial charge in [-0.15, -0.1) is 0 Å². The van der Waals surface area contributed by atoms with E-state index in [0.29, 0.717) is 64.5 Å². The molecule has 1 heterocycles. The number of carbonyl (C=O) groups is 1. The lowest BCUT2D eigenvalue weighted by molar-refractivity contribution is -0.118. The molecular weight excluding hydrogens is 652 g/mol. The van der Waals surface area contributed by atoms with Crippen LogP contribution in [0.25, 0.3) is 0 Å². The smallest absolute Gasteiger partial charge is 0.174 e. The van der Waals surface area contributed by atoms with Crippen LogP contribution in [-0.4, -0.2) is 38.1 Å². The molecule has 0 spiro atoms. The molecular formula is C29H30Cl2IN3O4. The molecule has 0 fully saturated rings. The summed E-state index contributed by atoms with van der Waals surface area (Å²) in [6, 6.07) is 11.3. The lowest BCUT2D eigenvalue weighted by Crippen LogP contribution is -2.43. The number of methoxy groups -OCH3 is 2. The number of nitrogens with zero attached hydrogens (tertiary/aromatic N) is 2. The SMILES string of the molecule is COCCN1C(N)=C(C#N)[C@@H](c2cc(I)c(OCc3ccc(Cl)cc3Cl)c(OC)c2)C2=C1CC(C)(C)CC2=O. The van der Waals surface area contributed by atoms with E-state index in [1.807, 2.05) is 23.1 Å². The van der Waals surface area contributed by atoms with Crippen molar-refractivity contribution in [3.05, 3.63) is 77.7 Å². The van der Waals surface area contributed by atoms with Crippen LogP contribution in [0.3, 0.4) is 0 Å². The van der Waals surface area contributed by atoms with Crippen molar-refractivity contribution in [3.63, 3.8) is 0 Å². The number of halogens is 3. The molecule has 2 aromatic carbocycles. The van der Waals surface area contributed by atoms with E-state index in [-0.39, 0.29) is 17.8 Å². The van der Waals surface area contributed by atoms with Gasteiger partial charge in [-0.2, -0.15) is 5.26 Å². The molecule has 7 nitrogen and oxygen atoms in total. The number of nitrogens with two attached hydrogens (primary N) is 1. The molecule has 1 atom stereocenters. The van der Waals surface area contributed by atoms with Crippen LogP contribution in [0.5, 0.6) is 11.5 Å². The number of nitriles is 1. The Morgan fingerprint density at radius 1 is 1.21 bits per heavy atom. The van der Waals surface area contributed by atoms with E-state index in [0.717, 1.165) is 20.4 Å². The molecule has 1 aliphatic carbocycles. The molecule has 39 heavy (non-hydrogen) atoms. The van der Waals surface area contributed by atoms with Crippen LogP contribution in [0.15, 0.2) is 53.0 Å². The van der Waals surface area contributed by atoms with Crippen LogP contribution >= 0.6 is 45.8 Å². The van der Waals surface area contributed by atoms with Crippen molar-refractivity contribution in [2.45, 2.75) is 39.2 Å². The fourth-order valence-corrected chi connectivity index (χ4v) is 6.43. The first-order valence-electron chi connectivity index (χ1n) is 12.4. The van der Waals surface area contributed by atoms with Crippen LogP contribution in [0.1, 0.15) is 43.7 Å². The van der Waals surface area contributed by atoms with Gasteiger partial charge in [0.2, 0.25) is 0 Å². The lowest BCUT2D eigenvalue weighted by Gasteiger charge is -2.43. The first-order valence-corrected chi connectivity index (χ1v) is 14.2. The first kappa shape index (κ1) is 29.5. The molecule has 0 saturated carbocycles. The van der Waals surface area contributed by atoms with Gasteiger partial charge in [0.15, 0.2) is 17.3 Å². The molecule has 4 rings (SSSR count). The average Bonchev–Trinajstić information content (AvgIpc) is 2.86. The zero-order valence-corrected chi connectivity index (χ0v) is 25.9. The molecule has 0 aromatic heterocycles. The summed E-state index contributed by atoms with van der Waals surface area (Å²) in [5.74, 6) is 0.752. The average molecular weight is 682 g/mol. The second-order valence-corrected chi connectivity index (χ2v) is 12.4. The van der Waals surface area contributed by atoms with Gasteiger partial charge in [0.1, 0.15) is 12.4 Å². The Bertz CT molecular complexity index is 1410. The van der Waals surface area contributed by atoms with Crippen LogP contribution in [-0.2, 0) is 16.1 Å². The minimum atomic E-state index is -0.616. The number of ketones is 1. The van der Waals surface area contributed by atoms with Crippen molar-refractivity contribution in [2.75, 3.05) is 27.4 Å². The molecule has 2 aliphatic rings. The van der Waals surface area contributed by atoms with Gasteiger partial charge in [-0.05, 0) is 64.3 Å². The van der Waals surface area contributed by atoms with Gasteiger partial charge in [0.25, 0.3) is 0 Å². The molecule has 2 N–H and O–H groups in total. The molecule has 1 aliphatic heterocycles. The first-order chi connectivity index (χ1) is 18.5. The Balaban J connectivity index is 1.79. The quantitative estimate of drug-likeness (QED) is 0.315. The van der Waals surface area contributed by atoms with Gasteiger partial charge < -0.3 is 24.8 Å². The maximum Gasteiger partial charge on any atom is 0.174 e. The van der Waals surface area contributed by atoms with E-state index < -0.39 is 5.92 Å². The van der Waals surface area contributed by atoms with E-state index in [9.17, 15) is 10.1 Å². The van der Waals surface area contributed by atoms with Gasteiger partial charge in [0, 0.05) is 47.0 Å². The summed E-state index contributed by atoms with van der Waals surface area (Å²) >= 11 is 14.5. The van der Waals surface area contributed by atoms with Crippen molar-refractivity contribution in [3.8, 4) is 17.6 Å². The monoisotopic (exact) mass is 681 g/mol. The summed E-state index contributed by atoms with van der Waals surface area (Å²) in [4.78, 5) is 15.5. The summed E-state index contributed by atoms with van der Waals surface area (Å²) in [6.45, 7) is 5.21. The molecule has 10 heteroatoms. The highest BCUT2D eigenvalue weighted by Gasteiger charge is 2.44. The predicted octanol–water partition coefficient (Wildman–Crippen LogP) is 6.57. The number of Topliss-reactive ketones (excluding diaryl/α,β-unsaturated/α-hetero) is 1. The Kier molecular flexibility index (Phi) is 9.06. The van der Waals surface area contributed by atoms with E-state index in [1.54, 1.807) is 26.4 Å². The van der Waals surface area contributed by atoms with Crippen molar-refractivity contribution >= 4 is 51.6 Å². The van der Waals surface area contributed by atoms with Crippen LogP contribution in [0.2, 0.25) is 10.0 Å². The number of rotatable bonds is 8. The Morgan fingerprint density at radius 2 is 1.95 bits per heavy atom. The van der Waals surface area contributed by atoms with Crippen LogP contribution in [0.4, 0.5) is 0 Å². The molecule has 2 aromatic rings. The fourth-order valence-electron chi connectivity index (χ4n) is 5.18. The van der Waals surface area contributed by atoms with E-state index >= 15 is 0 Å². The zero-order chi connectivity index (χ0) is 28.5. The Hall–Kier alpha value is -2.45. The third-order valence-electron chi connectivity index (χ3n) is 6.98. The number of allylic oxidation sites excluding steroid dienone is 3. The van der Waals surface area contributed by atoms with E-state index in [4.69, 9.17) is 43.1 Å². The maximum absolute atomic E-state index is 13.7. The van der Waals surface area contributed by atoms with Gasteiger partial charge in [-0.1, -0.05) is 43.1 Å². The number of ether oxygens (including phenoxy) is 3. The summed E-state index contributed by atoms with van der Waals surface area (Å²) in [5, 5.41) is 11.3. The van der Waals surface area contributed by atoms with Crippen molar-refractivity contribution < 1.29 is 19.0 Å². The second kappa shape index (κ2) is 12.0. The second-order valence-electron chi connectivity index (χ2n) is 10.3. The maximum atomic E-state index is 13.7. The van der Waals surface area contributed by atoms with Gasteiger partial charge >= 0.3 is 0 Å². The van der Waals surface area contributed by atoms with E-state index in [2.05, 4.69) is 42.5 Å². The summed E-state index contributed by atoms with van der Waals surface area (Å²) in [5.41, 5.74) is 9.69. The molecule has 206 valence electrons. The highest BCUT2D eigenvalue weighted by molar-refractivity contribution is 14.1. The highest BCUT2D eigenvalue weighted by atomic mass is 127. The fraction of sp³-hybridized carbons (Fsp3) is 0.379. The molecule has 0 saturated heterocycles. The summed E-state index contributed by atoms with van der Waals surface area (Å²) in [7, 11) is 3.17. The standard InChI is InChI=1S/C29H30Cl2IN3O4/c1-29(2)12-22-26(23(36)13-29)25(19(14-33)28(34)35(22)7-8-37-3)17-9-21(32)27(24(10-17)38-4)39-15-16-5-6-18(30)11-20(16)31/h5-6,9-11,25H,7-8,12-13,15,34H2,1-4H3/t25-/m1/s1. The van der Waals surface area contributed by atoms with Crippen molar-refractivity contribution in [1.29, 1.82) is 5.26 Å². The predicted molar refractivity (Wildman–Crippen MR) is 160 cm³/mol. The van der Waals surface area contributed by atoms with Gasteiger partial charge in [0.05, 0.1) is 34.8 Å². The van der Waals surface area contributed by atoms with Crippen LogP contribution < -0.4 is 15.2 Å². The molecule has 0 bridgehead atoms. The number of hydrogen-bond donors (Lipinski definition) is 1. The Labute approximate surface area is 252 Å². The molecule has 0 unspecified atom stereocenters.